The lowest BCUT2D eigenvalue weighted by atomic mass is 10.0. The van der Waals surface area contributed by atoms with Crippen LogP contribution in [-0.2, 0) is 16.8 Å². The molecule has 2 N–H and O–H groups in total. The first-order chi connectivity index (χ1) is 15.5. The Morgan fingerprint density at radius 3 is 2.78 bits per heavy atom. The number of pyridine rings is 1. The van der Waals surface area contributed by atoms with Crippen molar-refractivity contribution in [2.75, 3.05) is 23.0 Å². The molecule has 0 bridgehead atoms. The van der Waals surface area contributed by atoms with Crippen LogP contribution in [0.3, 0.4) is 0 Å². The van der Waals surface area contributed by atoms with Gasteiger partial charge in [0.25, 0.3) is 0 Å². The van der Waals surface area contributed by atoms with Crippen molar-refractivity contribution in [1.82, 2.24) is 20.0 Å². The summed E-state index contributed by atoms with van der Waals surface area (Å²) in [4.78, 5) is 18.3. The Hall–Kier alpha value is -2.98. The van der Waals surface area contributed by atoms with Crippen molar-refractivity contribution < 1.29 is 13.9 Å². The third-order valence-electron chi connectivity index (χ3n) is 6.72. The lowest BCUT2D eigenvalue weighted by Crippen LogP contribution is -2.27. The maximum absolute atomic E-state index is 15.0. The molecule has 8 nitrogen and oxygen atoms in total. The van der Waals surface area contributed by atoms with Crippen molar-refractivity contribution in [2.45, 2.75) is 18.2 Å². The Kier molecular flexibility index (Phi) is 4.48. The Balaban J connectivity index is 1.19. The van der Waals surface area contributed by atoms with Crippen molar-refractivity contribution in [2.24, 2.45) is 17.6 Å². The standard InChI is InChI=1S/C22H21FN6O2S/c23-19-7-14(29-10-15(31-21(29)30)9-28-6-5-26-27-28)2-3-16(19)13-1-4-20(25-8-13)22(24)17-11-32-12-18(17)22/h1-8,15,17-18H,9-12,24H2/t15-,17-,18+,22?/m0/s1. The average molecular weight is 453 g/mol. The number of ether oxygens (including phenoxy) is 1. The van der Waals surface area contributed by atoms with Crippen molar-refractivity contribution >= 4 is 23.5 Å². The Morgan fingerprint density at radius 2 is 2.09 bits per heavy atom. The highest BCUT2D eigenvalue weighted by Gasteiger charge is 2.66. The first-order valence-corrected chi connectivity index (χ1v) is 11.6. The minimum Gasteiger partial charge on any atom is -0.442 e. The van der Waals surface area contributed by atoms with Gasteiger partial charge in [0.2, 0.25) is 0 Å². The lowest BCUT2D eigenvalue weighted by molar-refractivity contribution is 0.129. The quantitative estimate of drug-likeness (QED) is 0.635. The van der Waals surface area contributed by atoms with Gasteiger partial charge in [-0.05, 0) is 47.6 Å². The van der Waals surface area contributed by atoms with Gasteiger partial charge in [-0.3, -0.25) is 9.88 Å². The van der Waals surface area contributed by atoms with Crippen LogP contribution in [0.15, 0.2) is 48.9 Å². The molecule has 10 heteroatoms. The summed E-state index contributed by atoms with van der Waals surface area (Å²) in [5, 5.41) is 7.63. The third-order valence-corrected chi connectivity index (χ3v) is 7.91. The summed E-state index contributed by atoms with van der Waals surface area (Å²) in [6, 6.07) is 8.53. The van der Waals surface area contributed by atoms with Gasteiger partial charge in [0.05, 0.1) is 36.2 Å². The van der Waals surface area contributed by atoms with Gasteiger partial charge < -0.3 is 10.5 Å². The summed E-state index contributed by atoms with van der Waals surface area (Å²) >= 11 is 1.94. The monoisotopic (exact) mass is 452 g/mol. The minimum atomic E-state index is -0.505. The highest BCUT2D eigenvalue weighted by molar-refractivity contribution is 7.99. The fraction of sp³-hybridized carbons (Fsp3) is 0.364. The molecule has 2 aliphatic heterocycles. The third kappa shape index (κ3) is 3.08. The molecule has 2 aromatic heterocycles. The summed E-state index contributed by atoms with van der Waals surface area (Å²) in [7, 11) is 0. The van der Waals surface area contributed by atoms with E-state index >= 15 is 0 Å². The van der Waals surface area contributed by atoms with Crippen LogP contribution in [0.25, 0.3) is 11.1 Å². The van der Waals surface area contributed by atoms with Crippen LogP contribution in [0, 0.1) is 17.7 Å². The van der Waals surface area contributed by atoms with E-state index in [1.165, 1.54) is 11.0 Å². The molecule has 1 saturated carbocycles. The van der Waals surface area contributed by atoms with Gasteiger partial charge >= 0.3 is 6.09 Å². The molecule has 1 amide bonds. The number of benzene rings is 1. The van der Waals surface area contributed by atoms with E-state index < -0.39 is 11.9 Å². The summed E-state index contributed by atoms with van der Waals surface area (Å²) < 4.78 is 22.0. The van der Waals surface area contributed by atoms with E-state index in [1.807, 2.05) is 23.9 Å². The van der Waals surface area contributed by atoms with Crippen molar-refractivity contribution in [1.29, 1.82) is 0 Å². The number of anilines is 1. The highest BCUT2D eigenvalue weighted by Crippen LogP contribution is 2.62. The van der Waals surface area contributed by atoms with Gasteiger partial charge in [0, 0.05) is 23.5 Å². The van der Waals surface area contributed by atoms with Crippen LogP contribution >= 0.6 is 11.8 Å². The van der Waals surface area contributed by atoms with Crippen molar-refractivity contribution in [3.63, 3.8) is 0 Å². The molecule has 1 unspecified atom stereocenters. The Bertz CT molecular complexity index is 1160. The SMILES string of the molecule is NC1(c2ccc(-c3ccc(N4C[C@H](Cn5ccnn5)OC4=O)cc3F)cn2)[C@@H]2CSC[C@@H]21. The predicted octanol–water partition coefficient (Wildman–Crippen LogP) is 2.65. The van der Waals surface area contributed by atoms with E-state index in [9.17, 15) is 9.18 Å². The van der Waals surface area contributed by atoms with Gasteiger partial charge in [-0.2, -0.15) is 11.8 Å². The molecule has 164 valence electrons. The maximum atomic E-state index is 15.0. The average Bonchev–Trinajstić information content (AvgIpc) is 3.36. The number of carbonyl (C=O) groups excluding carboxylic acids is 1. The number of cyclic esters (lactones) is 1. The second kappa shape index (κ2) is 7.28. The van der Waals surface area contributed by atoms with Crippen LogP contribution in [0.5, 0.6) is 0 Å². The Labute approximate surface area is 187 Å². The van der Waals surface area contributed by atoms with E-state index in [0.29, 0.717) is 41.7 Å². The number of carbonyl (C=O) groups is 1. The van der Waals surface area contributed by atoms with E-state index in [0.717, 1.165) is 17.2 Å². The second-order valence-corrected chi connectivity index (χ2v) is 9.60. The van der Waals surface area contributed by atoms with Gasteiger partial charge in [-0.25, -0.2) is 13.9 Å². The number of nitrogens with zero attached hydrogens (tertiary/aromatic N) is 5. The van der Waals surface area contributed by atoms with Crippen LogP contribution in [0.1, 0.15) is 5.69 Å². The molecule has 1 aromatic carbocycles. The van der Waals surface area contributed by atoms with E-state index in [2.05, 4.69) is 15.3 Å². The summed E-state index contributed by atoms with van der Waals surface area (Å²) in [5.41, 5.74) is 8.69. The topological polar surface area (TPSA) is 99.2 Å². The molecule has 4 heterocycles. The zero-order valence-corrected chi connectivity index (χ0v) is 17.9. The van der Waals surface area contributed by atoms with Crippen molar-refractivity contribution in [3.8, 4) is 11.1 Å². The number of hydrogen-bond acceptors (Lipinski definition) is 7. The number of rotatable bonds is 5. The summed E-state index contributed by atoms with van der Waals surface area (Å²) in [6.07, 6.45) is 4.06. The normalized spacial score (nSPS) is 28.6. The van der Waals surface area contributed by atoms with E-state index in [-0.39, 0.29) is 11.6 Å². The second-order valence-electron chi connectivity index (χ2n) is 8.52. The smallest absolute Gasteiger partial charge is 0.414 e. The molecular weight excluding hydrogens is 431 g/mol. The zero-order chi connectivity index (χ0) is 21.9. The van der Waals surface area contributed by atoms with Gasteiger partial charge in [0.15, 0.2) is 0 Å². The van der Waals surface area contributed by atoms with Crippen LogP contribution in [0.4, 0.5) is 14.9 Å². The van der Waals surface area contributed by atoms with Crippen LogP contribution in [0.2, 0.25) is 0 Å². The molecule has 2 saturated heterocycles. The van der Waals surface area contributed by atoms with Gasteiger partial charge in [-0.15, -0.1) is 5.10 Å². The molecule has 32 heavy (non-hydrogen) atoms. The molecule has 3 aromatic rings. The molecule has 1 aliphatic carbocycles. The number of amides is 1. The minimum absolute atomic E-state index is 0.312. The van der Waals surface area contributed by atoms with Crippen molar-refractivity contribution in [3.05, 3.63) is 60.4 Å². The van der Waals surface area contributed by atoms with Crippen LogP contribution in [-0.4, -0.2) is 50.2 Å². The molecule has 0 spiro atoms. The number of nitrogens with two attached hydrogens (primary N) is 1. The molecular formula is C22H21FN6O2S. The largest absolute Gasteiger partial charge is 0.442 e. The summed E-state index contributed by atoms with van der Waals surface area (Å²) in [5.74, 6) is 2.73. The fourth-order valence-electron chi connectivity index (χ4n) is 4.85. The summed E-state index contributed by atoms with van der Waals surface area (Å²) in [6.45, 7) is 0.705. The molecule has 6 rings (SSSR count). The zero-order valence-electron chi connectivity index (χ0n) is 17.1. The lowest BCUT2D eigenvalue weighted by Gasteiger charge is -2.16. The van der Waals surface area contributed by atoms with Gasteiger partial charge in [0.1, 0.15) is 11.9 Å². The van der Waals surface area contributed by atoms with E-state index in [4.69, 9.17) is 10.5 Å². The number of fused-ring (bicyclic) bond motifs is 1. The molecule has 4 atom stereocenters. The maximum Gasteiger partial charge on any atom is 0.414 e. The number of aromatic nitrogens is 4. The molecule has 3 aliphatic rings. The highest BCUT2D eigenvalue weighted by atomic mass is 32.2. The first kappa shape index (κ1) is 19.7. The Morgan fingerprint density at radius 1 is 1.25 bits per heavy atom. The first-order valence-electron chi connectivity index (χ1n) is 10.5. The predicted molar refractivity (Wildman–Crippen MR) is 117 cm³/mol. The molecule has 0 radical (unpaired) electrons. The van der Waals surface area contributed by atoms with Gasteiger partial charge in [-0.1, -0.05) is 11.3 Å². The van der Waals surface area contributed by atoms with Crippen LogP contribution < -0.4 is 10.6 Å². The number of halogens is 1. The fourth-order valence-corrected chi connectivity index (χ4v) is 6.51. The van der Waals surface area contributed by atoms with E-state index in [1.54, 1.807) is 35.4 Å². The number of hydrogen-bond donors (Lipinski definition) is 1. The molecule has 3 fully saturated rings. The number of thioether (sulfide) groups is 1.